The molecule has 298 valence electrons. The van der Waals surface area contributed by atoms with Crippen molar-refractivity contribution in [1.29, 1.82) is 0 Å². The highest BCUT2D eigenvalue weighted by molar-refractivity contribution is 6.15. The van der Waals surface area contributed by atoms with Crippen LogP contribution in [0.5, 0.6) is 11.5 Å². The van der Waals surface area contributed by atoms with Gasteiger partial charge in [0.05, 0.1) is 33.5 Å². The molecule has 0 N–H and O–H groups in total. The number of aromatic nitrogens is 1. The number of rotatable bonds is 4. The maximum Gasteiger partial charge on any atom is 0.132 e. The van der Waals surface area contributed by atoms with E-state index in [2.05, 4.69) is 240 Å². The van der Waals surface area contributed by atoms with Gasteiger partial charge in [0.1, 0.15) is 11.5 Å². The average molecular weight is 815 g/mol. The fourth-order valence-electron chi connectivity index (χ4n) is 11.5. The lowest BCUT2D eigenvalue weighted by molar-refractivity contribution is 0.435. The molecular weight excluding hydrogens is 777 g/mol. The summed E-state index contributed by atoms with van der Waals surface area (Å²) in [5.74, 6) is 1.78. The Morgan fingerprint density at radius 3 is 1.73 bits per heavy atom. The minimum absolute atomic E-state index is 0.611. The fraction of sp³-hybridized carbons (Fsp3) is 0.0164. The Labute approximate surface area is 370 Å². The van der Waals surface area contributed by atoms with Crippen LogP contribution in [-0.2, 0) is 5.41 Å². The van der Waals surface area contributed by atoms with Crippen LogP contribution in [0.1, 0.15) is 22.3 Å². The Bertz CT molecular complexity index is 3860. The molecule has 0 amide bonds. The predicted octanol–water partition coefficient (Wildman–Crippen LogP) is 16.2. The van der Waals surface area contributed by atoms with Gasteiger partial charge in [-0.25, -0.2) is 0 Å². The van der Waals surface area contributed by atoms with Crippen molar-refractivity contribution in [3.8, 4) is 28.3 Å². The van der Waals surface area contributed by atoms with Crippen LogP contribution < -0.4 is 9.64 Å². The Hall–Kier alpha value is -8.40. The quantitative estimate of drug-likeness (QED) is 0.176. The molecular formula is C61H38N2O. The molecule has 0 unspecified atom stereocenters. The third kappa shape index (κ3) is 4.70. The van der Waals surface area contributed by atoms with Crippen molar-refractivity contribution in [3.63, 3.8) is 0 Å². The molecule has 1 spiro atoms. The highest BCUT2D eigenvalue weighted by Gasteiger charge is 2.49. The van der Waals surface area contributed by atoms with Gasteiger partial charge in [-0.2, -0.15) is 0 Å². The van der Waals surface area contributed by atoms with E-state index in [0.717, 1.165) is 39.7 Å². The lowest BCUT2D eigenvalue weighted by Crippen LogP contribution is -2.36. The third-order valence-corrected chi connectivity index (χ3v) is 14.0. The van der Waals surface area contributed by atoms with E-state index in [1.54, 1.807) is 0 Å². The number of hydrogen-bond donors (Lipinski definition) is 0. The highest BCUT2D eigenvalue weighted by Crippen LogP contribution is 2.62. The molecule has 0 saturated heterocycles. The van der Waals surface area contributed by atoms with Crippen LogP contribution in [0, 0.1) is 0 Å². The number of hydrogen-bond acceptors (Lipinski definition) is 2. The monoisotopic (exact) mass is 814 g/mol. The minimum atomic E-state index is -0.611. The Kier molecular flexibility index (Phi) is 7.32. The van der Waals surface area contributed by atoms with E-state index in [1.165, 1.54) is 82.1 Å². The largest absolute Gasteiger partial charge is 0.457 e. The van der Waals surface area contributed by atoms with Gasteiger partial charge in [-0.1, -0.05) is 176 Å². The molecule has 3 nitrogen and oxygen atoms in total. The Morgan fingerprint density at radius 2 is 0.922 bits per heavy atom. The molecule has 0 atom stereocenters. The van der Waals surface area contributed by atoms with Gasteiger partial charge < -0.3 is 14.2 Å². The van der Waals surface area contributed by atoms with Gasteiger partial charge in [0.25, 0.3) is 0 Å². The number of benzene rings is 11. The first kappa shape index (κ1) is 35.2. The second-order valence-electron chi connectivity index (χ2n) is 17.1. The van der Waals surface area contributed by atoms with E-state index in [0.29, 0.717) is 0 Å². The van der Waals surface area contributed by atoms with Crippen LogP contribution in [0.2, 0.25) is 0 Å². The van der Waals surface area contributed by atoms with Gasteiger partial charge >= 0.3 is 0 Å². The van der Waals surface area contributed by atoms with Gasteiger partial charge in [0, 0.05) is 43.7 Å². The summed E-state index contributed by atoms with van der Waals surface area (Å²) >= 11 is 0. The predicted molar refractivity (Wildman–Crippen MR) is 265 cm³/mol. The number of nitrogens with zero attached hydrogens (tertiary/aromatic N) is 2. The Balaban J connectivity index is 1.08. The van der Waals surface area contributed by atoms with Crippen LogP contribution in [0.25, 0.3) is 70.9 Å². The zero-order chi connectivity index (χ0) is 41.9. The smallest absolute Gasteiger partial charge is 0.132 e. The summed E-state index contributed by atoms with van der Waals surface area (Å²) in [5.41, 5.74) is 13.6. The first-order valence-electron chi connectivity index (χ1n) is 22.1. The van der Waals surface area contributed by atoms with Crippen molar-refractivity contribution in [1.82, 2.24) is 4.57 Å². The molecule has 12 aromatic rings. The maximum atomic E-state index is 6.73. The van der Waals surface area contributed by atoms with Crippen molar-refractivity contribution >= 4 is 71.2 Å². The molecule has 0 saturated carbocycles. The van der Waals surface area contributed by atoms with E-state index in [1.807, 2.05) is 0 Å². The molecule has 3 heteroatoms. The summed E-state index contributed by atoms with van der Waals surface area (Å²) in [4.78, 5) is 2.51. The molecule has 11 aromatic carbocycles. The highest BCUT2D eigenvalue weighted by atomic mass is 16.5. The number of ether oxygens (including phenoxy) is 1. The van der Waals surface area contributed by atoms with Crippen LogP contribution in [0.15, 0.2) is 231 Å². The normalized spacial score (nSPS) is 13.2. The fourth-order valence-corrected chi connectivity index (χ4v) is 11.5. The van der Waals surface area contributed by atoms with Gasteiger partial charge in [-0.15, -0.1) is 0 Å². The standard InChI is InChI=1S/C61H38N2O/c1-3-20-42-39(16-1)18-13-30-53(42)62(41-34-36-57-48(38-41)45-23-6-10-29-55(45)63(57)54-31-14-19-40-17-2-4-21-43(40)54)56-37-35-46-44-22-5-7-25-49(44)61(52-28-15-24-47(56)60(46)52)50-26-8-11-32-58(50)64-59-33-12-9-27-51(59)61/h1-38H. The summed E-state index contributed by atoms with van der Waals surface area (Å²) in [6, 6.07) is 84.6. The van der Waals surface area contributed by atoms with E-state index in [4.69, 9.17) is 4.74 Å². The first-order chi connectivity index (χ1) is 31.8. The van der Waals surface area contributed by atoms with Gasteiger partial charge in [-0.05, 0) is 93.0 Å². The van der Waals surface area contributed by atoms with Crippen LogP contribution in [0.4, 0.5) is 17.1 Å². The second-order valence-corrected chi connectivity index (χ2v) is 17.1. The van der Waals surface area contributed by atoms with Gasteiger partial charge in [0.2, 0.25) is 0 Å². The van der Waals surface area contributed by atoms with E-state index in [9.17, 15) is 0 Å². The lowest BCUT2D eigenvalue weighted by atomic mass is 9.58. The van der Waals surface area contributed by atoms with Crippen molar-refractivity contribution in [2.75, 3.05) is 4.90 Å². The molecule has 1 aliphatic carbocycles. The van der Waals surface area contributed by atoms with Crippen molar-refractivity contribution < 1.29 is 4.74 Å². The Morgan fingerprint density at radius 1 is 0.359 bits per heavy atom. The SMILES string of the molecule is c1ccc2c(c1)Oc1ccccc1C21c2ccccc2-c2ccc(N(c3ccc4c(c3)c3ccccc3n4-c3cccc4ccccc34)c3cccc4ccccc34)c3cccc1c23. The lowest BCUT2D eigenvalue weighted by Gasteiger charge is -2.45. The molecule has 0 fully saturated rings. The molecule has 0 bridgehead atoms. The molecule has 2 aliphatic rings. The van der Waals surface area contributed by atoms with Gasteiger partial charge in [0.15, 0.2) is 0 Å². The molecule has 64 heavy (non-hydrogen) atoms. The van der Waals surface area contributed by atoms with E-state index in [-0.39, 0.29) is 0 Å². The average Bonchev–Trinajstić information content (AvgIpc) is 3.69. The summed E-state index contributed by atoms with van der Waals surface area (Å²) in [6.45, 7) is 0. The van der Waals surface area contributed by atoms with E-state index < -0.39 is 5.41 Å². The topological polar surface area (TPSA) is 17.4 Å². The van der Waals surface area contributed by atoms with E-state index >= 15 is 0 Å². The van der Waals surface area contributed by atoms with Crippen molar-refractivity contribution in [3.05, 3.63) is 253 Å². The molecule has 1 aliphatic heterocycles. The summed E-state index contributed by atoms with van der Waals surface area (Å²) in [7, 11) is 0. The summed E-state index contributed by atoms with van der Waals surface area (Å²) in [5, 5.41) is 9.72. The van der Waals surface area contributed by atoms with Crippen LogP contribution in [-0.4, -0.2) is 4.57 Å². The number of fused-ring (bicyclic) bond motifs is 13. The molecule has 1 aromatic heterocycles. The maximum absolute atomic E-state index is 6.73. The van der Waals surface area contributed by atoms with Gasteiger partial charge in [-0.3, -0.25) is 0 Å². The number of para-hydroxylation sites is 3. The third-order valence-electron chi connectivity index (χ3n) is 14.0. The molecule has 2 heterocycles. The van der Waals surface area contributed by atoms with Crippen LogP contribution in [0.3, 0.4) is 0 Å². The van der Waals surface area contributed by atoms with Crippen molar-refractivity contribution in [2.24, 2.45) is 0 Å². The second kappa shape index (κ2) is 13.3. The zero-order valence-electron chi connectivity index (χ0n) is 34.7. The minimum Gasteiger partial charge on any atom is -0.457 e. The van der Waals surface area contributed by atoms with Crippen molar-refractivity contribution in [2.45, 2.75) is 5.41 Å². The zero-order valence-corrected chi connectivity index (χ0v) is 34.7. The molecule has 0 radical (unpaired) electrons. The van der Waals surface area contributed by atoms with Crippen LogP contribution >= 0.6 is 0 Å². The summed E-state index contributed by atoms with van der Waals surface area (Å²) < 4.78 is 9.18. The summed E-state index contributed by atoms with van der Waals surface area (Å²) in [6.07, 6.45) is 0. The number of anilines is 3. The first-order valence-corrected chi connectivity index (χ1v) is 22.1. The molecule has 14 rings (SSSR count).